The summed E-state index contributed by atoms with van der Waals surface area (Å²) in [6, 6.07) is 53.6. The normalized spacial score (nSPS) is 11.0. The zero-order valence-electron chi connectivity index (χ0n) is 26.1. The third-order valence-corrected chi connectivity index (χ3v) is 8.38. The van der Waals surface area contributed by atoms with E-state index in [1.54, 1.807) is 0 Å². The topological polar surface area (TPSA) is 77.3 Å². The maximum absolute atomic E-state index is 7.02. The third-order valence-electron chi connectivity index (χ3n) is 8.06. The van der Waals surface area contributed by atoms with Crippen LogP contribution in [0.2, 0.25) is 5.02 Å². The lowest BCUT2D eigenvalue weighted by Crippen LogP contribution is -2.01. The molecule has 0 saturated carbocycles. The van der Waals surface area contributed by atoms with E-state index < -0.39 is 0 Å². The van der Waals surface area contributed by atoms with E-state index in [1.165, 1.54) is 0 Å². The lowest BCUT2D eigenvalue weighted by Gasteiger charge is -2.14. The SMILES string of the molecule is Clc1cccc(-c2nc(-c3ccccc3)nc(-c3ccccc3)n2)c1-c1cccc(-c2nc(-c3ccccc3)nc(-c3ccccc3)n2)c1. The first-order valence-corrected chi connectivity index (χ1v) is 16.2. The van der Waals surface area contributed by atoms with Crippen LogP contribution in [0.3, 0.4) is 0 Å². The van der Waals surface area contributed by atoms with Crippen LogP contribution >= 0.6 is 11.6 Å². The second kappa shape index (κ2) is 13.4. The summed E-state index contributed by atoms with van der Waals surface area (Å²) in [5, 5.41) is 0.572. The largest absolute Gasteiger partial charge is 0.208 e. The van der Waals surface area contributed by atoms with Gasteiger partial charge in [-0.1, -0.05) is 163 Å². The second-order valence-corrected chi connectivity index (χ2v) is 11.7. The van der Waals surface area contributed by atoms with Gasteiger partial charge in [-0.15, -0.1) is 0 Å². The molecule has 2 aromatic heterocycles. The smallest absolute Gasteiger partial charge is 0.164 e. The molecule has 7 heteroatoms. The van der Waals surface area contributed by atoms with Gasteiger partial charge in [-0.2, -0.15) is 0 Å². The number of hydrogen-bond acceptors (Lipinski definition) is 6. The molecule has 49 heavy (non-hydrogen) atoms. The fourth-order valence-corrected chi connectivity index (χ4v) is 5.97. The number of nitrogens with zero attached hydrogens (tertiary/aromatic N) is 6. The molecule has 0 fully saturated rings. The molecule has 6 aromatic carbocycles. The van der Waals surface area contributed by atoms with Gasteiger partial charge in [-0.3, -0.25) is 0 Å². The molecule has 8 aromatic rings. The van der Waals surface area contributed by atoms with Gasteiger partial charge in [-0.25, -0.2) is 29.9 Å². The number of rotatable bonds is 7. The molecule has 0 atom stereocenters. The summed E-state index contributed by atoms with van der Waals surface area (Å²) in [6.45, 7) is 0. The van der Waals surface area contributed by atoms with Crippen molar-refractivity contribution in [1.29, 1.82) is 0 Å². The number of benzene rings is 6. The molecule has 8 rings (SSSR count). The molecule has 0 aliphatic rings. The lowest BCUT2D eigenvalue weighted by atomic mass is 9.97. The van der Waals surface area contributed by atoms with Gasteiger partial charge in [0.05, 0.1) is 0 Å². The molecule has 0 amide bonds. The van der Waals surface area contributed by atoms with E-state index in [0.29, 0.717) is 40.0 Å². The van der Waals surface area contributed by atoms with Crippen LogP contribution in [0.4, 0.5) is 0 Å². The Morgan fingerprint density at radius 3 is 1.04 bits per heavy atom. The van der Waals surface area contributed by atoms with Gasteiger partial charge in [0.25, 0.3) is 0 Å². The highest BCUT2D eigenvalue weighted by Crippen LogP contribution is 2.39. The Labute approximate surface area is 288 Å². The standard InChI is InChI=1S/C42H27ClN6/c43-35-26-14-25-34(42-48-39(30-19-9-3-10-20-30)45-40(49-42)31-21-11-4-12-22-31)36(35)32-23-13-24-33(27-32)41-46-37(28-15-5-1-6-16-28)44-38(47-41)29-17-7-2-8-18-29/h1-27H. The molecule has 0 aliphatic heterocycles. The van der Waals surface area contributed by atoms with E-state index in [9.17, 15) is 0 Å². The van der Waals surface area contributed by atoms with E-state index in [0.717, 1.165) is 44.5 Å². The Morgan fingerprint density at radius 2 is 0.612 bits per heavy atom. The summed E-state index contributed by atoms with van der Waals surface area (Å²) in [6.07, 6.45) is 0. The zero-order valence-corrected chi connectivity index (χ0v) is 26.9. The van der Waals surface area contributed by atoms with Crippen molar-refractivity contribution in [3.8, 4) is 79.5 Å². The van der Waals surface area contributed by atoms with Gasteiger partial charge in [0.1, 0.15) is 0 Å². The van der Waals surface area contributed by atoms with Gasteiger partial charge in [0.2, 0.25) is 0 Å². The summed E-state index contributed by atoms with van der Waals surface area (Å²) in [7, 11) is 0. The summed E-state index contributed by atoms with van der Waals surface area (Å²) >= 11 is 7.02. The molecule has 0 saturated heterocycles. The molecule has 0 radical (unpaired) electrons. The van der Waals surface area contributed by atoms with Crippen molar-refractivity contribution >= 4 is 11.6 Å². The average molecular weight is 651 g/mol. The molecule has 6 nitrogen and oxygen atoms in total. The zero-order chi connectivity index (χ0) is 33.0. The van der Waals surface area contributed by atoms with Crippen molar-refractivity contribution in [3.63, 3.8) is 0 Å². The number of halogens is 1. The van der Waals surface area contributed by atoms with E-state index >= 15 is 0 Å². The van der Waals surface area contributed by atoms with Crippen LogP contribution in [0.1, 0.15) is 0 Å². The van der Waals surface area contributed by atoms with Gasteiger partial charge in [0.15, 0.2) is 34.9 Å². The highest BCUT2D eigenvalue weighted by molar-refractivity contribution is 6.34. The summed E-state index contributed by atoms with van der Waals surface area (Å²) in [5.41, 5.74) is 6.90. The first kappa shape index (κ1) is 30.0. The predicted molar refractivity (Wildman–Crippen MR) is 196 cm³/mol. The summed E-state index contributed by atoms with van der Waals surface area (Å²) in [4.78, 5) is 29.6. The fourth-order valence-electron chi connectivity index (χ4n) is 5.68. The minimum absolute atomic E-state index is 0.522. The van der Waals surface area contributed by atoms with Crippen LogP contribution in [-0.2, 0) is 0 Å². The lowest BCUT2D eigenvalue weighted by molar-refractivity contribution is 1.07. The van der Waals surface area contributed by atoms with Gasteiger partial charge in [0, 0.05) is 44.0 Å². The Bertz CT molecular complexity index is 2270. The molecule has 0 unspecified atom stereocenters. The van der Waals surface area contributed by atoms with E-state index in [1.807, 2.05) is 158 Å². The minimum Gasteiger partial charge on any atom is -0.208 e. The van der Waals surface area contributed by atoms with Crippen molar-refractivity contribution in [2.45, 2.75) is 0 Å². The van der Waals surface area contributed by atoms with Crippen LogP contribution in [0, 0.1) is 0 Å². The van der Waals surface area contributed by atoms with Crippen molar-refractivity contribution in [1.82, 2.24) is 29.9 Å². The summed E-state index contributed by atoms with van der Waals surface area (Å²) < 4.78 is 0. The molecule has 232 valence electrons. The maximum atomic E-state index is 7.02. The van der Waals surface area contributed by atoms with E-state index in [-0.39, 0.29) is 0 Å². The molecule has 0 bridgehead atoms. The van der Waals surface area contributed by atoms with Crippen molar-refractivity contribution in [2.24, 2.45) is 0 Å². The van der Waals surface area contributed by atoms with Gasteiger partial charge < -0.3 is 0 Å². The predicted octanol–water partition coefficient (Wildman–Crippen LogP) is 10.4. The Morgan fingerprint density at radius 1 is 0.286 bits per heavy atom. The average Bonchev–Trinajstić information content (AvgIpc) is 3.19. The van der Waals surface area contributed by atoms with Crippen LogP contribution in [0.15, 0.2) is 164 Å². The molecule has 0 aliphatic carbocycles. The minimum atomic E-state index is 0.522. The van der Waals surface area contributed by atoms with E-state index in [4.69, 9.17) is 41.5 Å². The molecule has 0 spiro atoms. The van der Waals surface area contributed by atoms with Gasteiger partial charge in [-0.05, 0) is 17.7 Å². The maximum Gasteiger partial charge on any atom is 0.164 e. The molecular formula is C42H27ClN6. The van der Waals surface area contributed by atoms with E-state index in [2.05, 4.69) is 6.07 Å². The van der Waals surface area contributed by atoms with Crippen molar-refractivity contribution < 1.29 is 0 Å². The summed E-state index contributed by atoms with van der Waals surface area (Å²) in [5.74, 6) is 3.43. The molecule has 0 N–H and O–H groups in total. The van der Waals surface area contributed by atoms with Crippen molar-refractivity contribution in [2.75, 3.05) is 0 Å². The number of aromatic nitrogens is 6. The molecule has 2 heterocycles. The monoisotopic (exact) mass is 650 g/mol. The quantitative estimate of drug-likeness (QED) is 0.171. The van der Waals surface area contributed by atoms with Crippen LogP contribution in [-0.4, -0.2) is 29.9 Å². The van der Waals surface area contributed by atoms with Crippen molar-refractivity contribution in [3.05, 3.63) is 169 Å². The third kappa shape index (κ3) is 6.33. The highest BCUT2D eigenvalue weighted by Gasteiger charge is 2.19. The van der Waals surface area contributed by atoms with Crippen LogP contribution in [0.5, 0.6) is 0 Å². The first-order chi connectivity index (χ1) is 24.2. The van der Waals surface area contributed by atoms with Gasteiger partial charge >= 0.3 is 0 Å². The Balaban J connectivity index is 1.28. The molecular weight excluding hydrogens is 624 g/mol. The van der Waals surface area contributed by atoms with Crippen LogP contribution in [0.25, 0.3) is 79.5 Å². The number of hydrogen-bond donors (Lipinski definition) is 0. The Kier molecular flexibility index (Phi) is 8.20. The fraction of sp³-hybridized carbons (Fsp3) is 0. The second-order valence-electron chi connectivity index (χ2n) is 11.3. The highest BCUT2D eigenvalue weighted by atomic mass is 35.5. The Hall–Kier alpha value is -6.37. The van der Waals surface area contributed by atoms with Crippen LogP contribution < -0.4 is 0 Å². The first-order valence-electron chi connectivity index (χ1n) is 15.8.